The second-order valence-electron chi connectivity index (χ2n) is 5.53. The van der Waals surface area contributed by atoms with Crippen molar-refractivity contribution in [2.24, 2.45) is 0 Å². The zero-order valence-corrected chi connectivity index (χ0v) is 16.2. The van der Waals surface area contributed by atoms with Gasteiger partial charge in [-0.25, -0.2) is 8.42 Å². The van der Waals surface area contributed by atoms with E-state index in [1.54, 1.807) is 0 Å². The Bertz CT molecular complexity index is 1070. The fraction of sp³-hybridized carbons (Fsp3) is 0.111. The highest BCUT2D eigenvalue weighted by atomic mass is 79.9. The number of nitrogens with zero attached hydrogens (tertiary/aromatic N) is 2. The number of aromatic amines is 1. The van der Waals surface area contributed by atoms with Crippen LogP contribution in [0.2, 0.25) is 0 Å². The van der Waals surface area contributed by atoms with Gasteiger partial charge in [0, 0.05) is 10.0 Å². The van der Waals surface area contributed by atoms with E-state index in [0.717, 1.165) is 21.3 Å². The third-order valence-corrected chi connectivity index (χ3v) is 5.76. The van der Waals surface area contributed by atoms with Gasteiger partial charge in [-0.15, -0.1) is 0 Å². The summed E-state index contributed by atoms with van der Waals surface area (Å²) in [6.45, 7) is 1.94. The smallest absolute Gasteiger partial charge is 0.263 e. The van der Waals surface area contributed by atoms with Crippen molar-refractivity contribution in [3.8, 4) is 17.3 Å². The number of anilines is 1. The monoisotopic (exact) mass is 430 g/mol. The summed E-state index contributed by atoms with van der Waals surface area (Å²) < 4.78 is 28.7. The summed E-state index contributed by atoms with van der Waals surface area (Å²) in [6.07, 6.45) is 0.604. The van der Waals surface area contributed by atoms with Crippen LogP contribution >= 0.6 is 15.9 Å². The first-order valence-electron chi connectivity index (χ1n) is 7.80. The Morgan fingerprint density at radius 3 is 2.38 bits per heavy atom. The fourth-order valence-corrected chi connectivity index (χ4v) is 3.84. The number of benzene rings is 2. The van der Waals surface area contributed by atoms with Gasteiger partial charge >= 0.3 is 0 Å². The molecule has 0 atom stereocenters. The van der Waals surface area contributed by atoms with Gasteiger partial charge in [-0.3, -0.25) is 9.82 Å². The maximum atomic E-state index is 12.6. The number of hydrogen-bond acceptors (Lipinski definition) is 4. The van der Waals surface area contributed by atoms with Gasteiger partial charge in [0.15, 0.2) is 5.82 Å². The lowest BCUT2D eigenvalue weighted by Crippen LogP contribution is -2.14. The quantitative estimate of drug-likeness (QED) is 0.636. The molecule has 0 unspecified atom stereocenters. The van der Waals surface area contributed by atoms with Gasteiger partial charge in [-0.1, -0.05) is 35.0 Å². The Balaban J connectivity index is 1.94. The molecule has 2 N–H and O–H groups in total. The average Bonchev–Trinajstić information content (AvgIpc) is 3.04. The van der Waals surface area contributed by atoms with E-state index in [0.29, 0.717) is 12.0 Å². The molecule has 0 saturated heterocycles. The molecule has 1 aromatic heterocycles. The molecule has 0 radical (unpaired) electrons. The number of nitrogens with one attached hydrogen (secondary N) is 2. The van der Waals surface area contributed by atoms with Gasteiger partial charge < -0.3 is 0 Å². The molecule has 1 heterocycles. The van der Waals surface area contributed by atoms with E-state index < -0.39 is 10.0 Å². The van der Waals surface area contributed by atoms with E-state index in [4.69, 9.17) is 5.26 Å². The molecular weight excluding hydrogens is 416 g/mol. The van der Waals surface area contributed by atoms with Crippen molar-refractivity contribution in [2.75, 3.05) is 4.72 Å². The van der Waals surface area contributed by atoms with E-state index in [-0.39, 0.29) is 10.7 Å². The lowest BCUT2D eigenvalue weighted by Gasteiger charge is -2.08. The van der Waals surface area contributed by atoms with E-state index in [1.165, 1.54) is 24.3 Å². The van der Waals surface area contributed by atoms with Crippen molar-refractivity contribution in [1.29, 1.82) is 5.26 Å². The Morgan fingerprint density at radius 2 is 1.81 bits per heavy atom. The fourth-order valence-electron chi connectivity index (χ4n) is 2.54. The molecule has 0 aliphatic heterocycles. The number of H-pyrrole nitrogens is 1. The maximum absolute atomic E-state index is 12.6. The average molecular weight is 431 g/mol. The Morgan fingerprint density at radius 1 is 1.15 bits per heavy atom. The first-order chi connectivity index (χ1) is 12.4. The topological polar surface area (TPSA) is 98.6 Å². The molecule has 0 bridgehead atoms. The molecule has 132 valence electrons. The molecule has 0 fully saturated rings. The highest BCUT2D eigenvalue weighted by molar-refractivity contribution is 9.10. The van der Waals surface area contributed by atoms with Crippen LogP contribution in [0.25, 0.3) is 11.3 Å². The largest absolute Gasteiger partial charge is 0.275 e. The summed E-state index contributed by atoms with van der Waals surface area (Å²) in [7, 11) is -3.80. The van der Waals surface area contributed by atoms with Crippen LogP contribution in [-0.4, -0.2) is 18.6 Å². The standard InChI is InChI=1S/C18H15BrN4O2S/c1-2-16-17(13-5-7-14(19)8-6-13)21-22-18(16)23-26(24,25)15-9-3-12(11-20)4-10-15/h3-10H,2H2,1H3,(H2,21,22,23). The Kier molecular flexibility index (Phi) is 5.11. The van der Waals surface area contributed by atoms with Gasteiger partial charge in [-0.2, -0.15) is 10.4 Å². The van der Waals surface area contributed by atoms with Crippen molar-refractivity contribution < 1.29 is 8.42 Å². The van der Waals surface area contributed by atoms with Gasteiger partial charge in [-0.05, 0) is 48.4 Å². The number of sulfonamides is 1. The van der Waals surface area contributed by atoms with Gasteiger partial charge in [0.25, 0.3) is 10.0 Å². The van der Waals surface area contributed by atoms with Gasteiger partial charge in [0.05, 0.1) is 22.2 Å². The molecule has 0 spiro atoms. The normalized spacial score (nSPS) is 11.1. The summed E-state index contributed by atoms with van der Waals surface area (Å²) in [4.78, 5) is 0.0757. The van der Waals surface area contributed by atoms with Crippen molar-refractivity contribution in [3.05, 3.63) is 64.1 Å². The summed E-state index contributed by atoms with van der Waals surface area (Å²) in [5.41, 5.74) is 2.87. The zero-order chi connectivity index (χ0) is 18.7. The van der Waals surface area contributed by atoms with Crippen molar-refractivity contribution in [2.45, 2.75) is 18.2 Å². The molecular formula is C18H15BrN4O2S. The molecule has 0 amide bonds. The highest BCUT2D eigenvalue weighted by Gasteiger charge is 2.20. The zero-order valence-electron chi connectivity index (χ0n) is 13.8. The van der Waals surface area contributed by atoms with E-state index in [2.05, 4.69) is 30.8 Å². The maximum Gasteiger partial charge on any atom is 0.263 e. The van der Waals surface area contributed by atoms with Crippen LogP contribution in [0.15, 0.2) is 57.9 Å². The van der Waals surface area contributed by atoms with Gasteiger partial charge in [0.2, 0.25) is 0 Å². The molecule has 3 rings (SSSR count). The van der Waals surface area contributed by atoms with E-state index in [9.17, 15) is 8.42 Å². The van der Waals surface area contributed by atoms with Crippen LogP contribution in [0.5, 0.6) is 0 Å². The van der Waals surface area contributed by atoms with Crippen LogP contribution < -0.4 is 4.72 Å². The number of aromatic nitrogens is 2. The molecule has 6 nitrogen and oxygen atoms in total. The SMILES string of the molecule is CCc1c(NS(=O)(=O)c2ccc(C#N)cc2)n[nH]c1-c1ccc(Br)cc1. The lowest BCUT2D eigenvalue weighted by atomic mass is 10.1. The highest BCUT2D eigenvalue weighted by Crippen LogP contribution is 2.29. The van der Waals surface area contributed by atoms with Crippen LogP contribution in [0.1, 0.15) is 18.1 Å². The molecule has 26 heavy (non-hydrogen) atoms. The minimum atomic E-state index is -3.80. The third-order valence-electron chi connectivity index (χ3n) is 3.88. The van der Waals surface area contributed by atoms with Gasteiger partial charge in [0.1, 0.15) is 0 Å². The predicted molar refractivity (Wildman–Crippen MR) is 103 cm³/mol. The predicted octanol–water partition coefficient (Wildman–Crippen LogP) is 4.07. The molecule has 0 aliphatic rings. The van der Waals surface area contributed by atoms with Crippen LogP contribution in [0, 0.1) is 11.3 Å². The summed E-state index contributed by atoms with van der Waals surface area (Å²) in [6, 6.07) is 15.4. The number of halogens is 1. The molecule has 3 aromatic rings. The second-order valence-corrected chi connectivity index (χ2v) is 8.13. The van der Waals surface area contributed by atoms with Crippen molar-refractivity contribution in [1.82, 2.24) is 10.2 Å². The van der Waals surface area contributed by atoms with Crippen molar-refractivity contribution >= 4 is 31.8 Å². The summed E-state index contributed by atoms with van der Waals surface area (Å²) >= 11 is 3.40. The number of hydrogen-bond donors (Lipinski definition) is 2. The first-order valence-corrected chi connectivity index (χ1v) is 10.1. The number of rotatable bonds is 5. The second kappa shape index (κ2) is 7.32. The molecule has 0 aliphatic carbocycles. The Labute approximate surface area is 160 Å². The van der Waals surface area contributed by atoms with E-state index in [1.807, 2.05) is 37.3 Å². The molecule has 8 heteroatoms. The van der Waals surface area contributed by atoms with Crippen LogP contribution in [0.4, 0.5) is 5.82 Å². The molecule has 2 aromatic carbocycles. The minimum absolute atomic E-state index is 0.0757. The third kappa shape index (κ3) is 3.64. The first kappa shape index (κ1) is 18.2. The lowest BCUT2D eigenvalue weighted by molar-refractivity contribution is 0.601. The summed E-state index contributed by atoms with van der Waals surface area (Å²) in [5.74, 6) is 0.273. The number of nitriles is 1. The van der Waals surface area contributed by atoms with Crippen LogP contribution in [0.3, 0.4) is 0 Å². The van der Waals surface area contributed by atoms with E-state index >= 15 is 0 Å². The Hall–Kier alpha value is -2.63. The molecule has 0 saturated carbocycles. The van der Waals surface area contributed by atoms with Crippen LogP contribution in [-0.2, 0) is 16.4 Å². The summed E-state index contributed by atoms with van der Waals surface area (Å²) in [5, 5.41) is 15.9. The minimum Gasteiger partial charge on any atom is -0.275 e. The van der Waals surface area contributed by atoms with Crippen molar-refractivity contribution in [3.63, 3.8) is 0 Å².